The van der Waals surface area contributed by atoms with Gasteiger partial charge < -0.3 is 0 Å². The smallest absolute Gasteiger partial charge is 0.0414 e. The molecule has 0 aromatic heterocycles. The lowest BCUT2D eigenvalue weighted by Crippen LogP contribution is -2.11. The molecule has 3 unspecified atom stereocenters. The lowest BCUT2D eigenvalue weighted by Gasteiger charge is -2.22. The topological polar surface area (TPSA) is 0 Å². The Morgan fingerprint density at radius 3 is 1.93 bits per heavy atom. The van der Waals surface area contributed by atoms with E-state index in [1.165, 1.54) is 38.5 Å². The highest BCUT2D eigenvalue weighted by atomic mass is 14.2. The third-order valence-corrected chi connectivity index (χ3v) is 3.54. The third kappa shape index (κ3) is 6.45. The van der Waals surface area contributed by atoms with E-state index in [-0.39, 0.29) is 0 Å². The normalized spacial score (nSPS) is 17.8. The van der Waals surface area contributed by atoms with E-state index in [0.29, 0.717) is 0 Å². The zero-order valence-electron chi connectivity index (χ0n) is 11.0. The molecule has 0 aromatic rings. The lowest BCUT2D eigenvalue weighted by atomic mass is 9.83. The van der Waals surface area contributed by atoms with Crippen molar-refractivity contribution in [1.82, 2.24) is 0 Å². The average molecular weight is 198 g/mol. The van der Waals surface area contributed by atoms with Gasteiger partial charge in [0.1, 0.15) is 0 Å². The molecule has 0 aliphatic carbocycles. The van der Waals surface area contributed by atoms with Crippen molar-refractivity contribution in [1.29, 1.82) is 0 Å². The molecule has 0 N–H and O–H groups in total. The van der Waals surface area contributed by atoms with Crippen LogP contribution in [0.25, 0.3) is 0 Å². The van der Waals surface area contributed by atoms with Gasteiger partial charge >= 0.3 is 0 Å². The molecular weight excluding hydrogens is 168 g/mol. The Labute approximate surface area is 91.5 Å². The van der Waals surface area contributed by atoms with Crippen LogP contribution in [0.4, 0.5) is 0 Å². The Morgan fingerprint density at radius 1 is 0.786 bits per heavy atom. The van der Waals surface area contributed by atoms with Gasteiger partial charge in [-0.2, -0.15) is 0 Å². The molecule has 0 heteroatoms. The maximum atomic E-state index is 2.44. The van der Waals surface area contributed by atoms with Crippen molar-refractivity contribution in [2.75, 3.05) is 0 Å². The zero-order valence-corrected chi connectivity index (χ0v) is 11.0. The Bertz CT molecular complexity index is 117. The van der Waals surface area contributed by atoms with Gasteiger partial charge in [-0.05, 0) is 24.2 Å². The molecule has 0 bridgehead atoms. The highest BCUT2D eigenvalue weighted by Gasteiger charge is 2.14. The fourth-order valence-electron chi connectivity index (χ4n) is 2.29. The number of hydrogen-bond donors (Lipinski definition) is 0. The van der Waals surface area contributed by atoms with E-state index in [1.54, 1.807) is 0 Å². The van der Waals surface area contributed by atoms with Crippen LogP contribution in [0.15, 0.2) is 0 Å². The molecule has 14 heavy (non-hydrogen) atoms. The molecule has 0 aromatic carbocycles. The second kappa shape index (κ2) is 8.32. The van der Waals surface area contributed by atoms with Gasteiger partial charge in [0, 0.05) is 0 Å². The molecular formula is C14H30. The molecule has 0 rings (SSSR count). The first-order valence-corrected chi connectivity index (χ1v) is 6.61. The summed E-state index contributed by atoms with van der Waals surface area (Å²) in [6, 6.07) is 0. The summed E-state index contributed by atoms with van der Waals surface area (Å²) >= 11 is 0. The van der Waals surface area contributed by atoms with E-state index in [4.69, 9.17) is 0 Å². The summed E-state index contributed by atoms with van der Waals surface area (Å²) in [5.41, 5.74) is 0. The van der Waals surface area contributed by atoms with E-state index in [9.17, 15) is 0 Å². The minimum atomic E-state index is 0.920. The van der Waals surface area contributed by atoms with Crippen LogP contribution < -0.4 is 0 Å². The van der Waals surface area contributed by atoms with Crippen LogP contribution >= 0.6 is 0 Å². The largest absolute Gasteiger partial charge is 0.0654 e. The molecule has 0 saturated carbocycles. The molecule has 0 amide bonds. The minimum Gasteiger partial charge on any atom is -0.0654 e. The summed E-state index contributed by atoms with van der Waals surface area (Å²) in [5.74, 6) is 2.77. The van der Waals surface area contributed by atoms with Gasteiger partial charge in [-0.25, -0.2) is 0 Å². The fraction of sp³-hybridized carbons (Fsp3) is 1.00. The Hall–Kier alpha value is 0. The van der Waals surface area contributed by atoms with E-state index in [2.05, 4.69) is 34.6 Å². The minimum absolute atomic E-state index is 0.920. The first kappa shape index (κ1) is 14.0. The average Bonchev–Trinajstić information content (AvgIpc) is 2.14. The predicted molar refractivity (Wildman–Crippen MR) is 66.5 cm³/mol. The molecule has 0 fully saturated rings. The van der Waals surface area contributed by atoms with Crippen molar-refractivity contribution in [2.24, 2.45) is 17.8 Å². The summed E-state index contributed by atoms with van der Waals surface area (Å²) < 4.78 is 0. The van der Waals surface area contributed by atoms with Crippen molar-refractivity contribution in [2.45, 2.75) is 73.1 Å². The first-order chi connectivity index (χ1) is 6.61. The van der Waals surface area contributed by atoms with Gasteiger partial charge in [0.15, 0.2) is 0 Å². The van der Waals surface area contributed by atoms with E-state index in [1.807, 2.05) is 0 Å². The van der Waals surface area contributed by atoms with Crippen LogP contribution in [0.5, 0.6) is 0 Å². The number of rotatable bonds is 8. The van der Waals surface area contributed by atoms with Gasteiger partial charge in [-0.3, -0.25) is 0 Å². The number of hydrogen-bond acceptors (Lipinski definition) is 0. The van der Waals surface area contributed by atoms with Crippen molar-refractivity contribution < 1.29 is 0 Å². The molecule has 0 nitrogen and oxygen atoms in total. The molecule has 0 spiro atoms. The standard InChI is InChI=1S/C14H30/c1-6-8-10-13(4)14(5)11-12(3)9-7-2/h12-14H,6-11H2,1-5H3. The summed E-state index contributed by atoms with van der Waals surface area (Å²) in [6.07, 6.45) is 8.37. The molecule has 0 aliphatic heterocycles. The summed E-state index contributed by atoms with van der Waals surface area (Å²) in [5, 5.41) is 0. The molecule has 3 atom stereocenters. The van der Waals surface area contributed by atoms with Gasteiger partial charge in [-0.1, -0.05) is 66.7 Å². The summed E-state index contributed by atoms with van der Waals surface area (Å²) in [4.78, 5) is 0. The second-order valence-corrected chi connectivity index (χ2v) is 5.23. The molecule has 0 saturated heterocycles. The van der Waals surface area contributed by atoms with Crippen LogP contribution in [0.2, 0.25) is 0 Å². The Morgan fingerprint density at radius 2 is 1.43 bits per heavy atom. The maximum Gasteiger partial charge on any atom is -0.0414 e. The monoisotopic (exact) mass is 198 g/mol. The van der Waals surface area contributed by atoms with Gasteiger partial charge in [-0.15, -0.1) is 0 Å². The van der Waals surface area contributed by atoms with E-state index < -0.39 is 0 Å². The summed E-state index contributed by atoms with van der Waals surface area (Å²) in [6.45, 7) is 11.9. The molecule has 0 radical (unpaired) electrons. The van der Waals surface area contributed by atoms with Crippen molar-refractivity contribution in [3.63, 3.8) is 0 Å². The lowest BCUT2D eigenvalue weighted by molar-refractivity contribution is 0.286. The van der Waals surface area contributed by atoms with Crippen LogP contribution in [-0.4, -0.2) is 0 Å². The second-order valence-electron chi connectivity index (χ2n) is 5.23. The van der Waals surface area contributed by atoms with Crippen LogP contribution in [-0.2, 0) is 0 Å². The highest BCUT2D eigenvalue weighted by molar-refractivity contribution is 4.65. The van der Waals surface area contributed by atoms with Gasteiger partial charge in [0.25, 0.3) is 0 Å². The maximum absolute atomic E-state index is 2.44. The van der Waals surface area contributed by atoms with Crippen molar-refractivity contribution >= 4 is 0 Å². The van der Waals surface area contributed by atoms with E-state index >= 15 is 0 Å². The predicted octanol–water partition coefficient (Wildman–Crippen LogP) is 5.28. The highest BCUT2D eigenvalue weighted by Crippen LogP contribution is 2.25. The van der Waals surface area contributed by atoms with Crippen molar-refractivity contribution in [3.05, 3.63) is 0 Å². The number of unbranched alkanes of at least 4 members (excludes halogenated alkanes) is 1. The Balaban J connectivity index is 3.64. The molecule has 0 aliphatic rings. The van der Waals surface area contributed by atoms with Crippen molar-refractivity contribution in [3.8, 4) is 0 Å². The zero-order chi connectivity index (χ0) is 11.0. The SMILES string of the molecule is CCCCC(C)C(C)CC(C)CCC. The first-order valence-electron chi connectivity index (χ1n) is 6.61. The molecule has 86 valence electrons. The fourth-order valence-corrected chi connectivity index (χ4v) is 2.29. The molecule has 0 heterocycles. The van der Waals surface area contributed by atoms with Crippen LogP contribution in [0.1, 0.15) is 73.1 Å². The Kier molecular flexibility index (Phi) is 8.32. The van der Waals surface area contributed by atoms with Gasteiger partial charge in [0.05, 0.1) is 0 Å². The third-order valence-electron chi connectivity index (χ3n) is 3.54. The van der Waals surface area contributed by atoms with Crippen LogP contribution in [0, 0.1) is 17.8 Å². The van der Waals surface area contributed by atoms with Gasteiger partial charge in [0.2, 0.25) is 0 Å². The van der Waals surface area contributed by atoms with E-state index in [0.717, 1.165) is 17.8 Å². The van der Waals surface area contributed by atoms with Crippen LogP contribution in [0.3, 0.4) is 0 Å². The quantitative estimate of drug-likeness (QED) is 0.498. The summed E-state index contributed by atoms with van der Waals surface area (Å²) in [7, 11) is 0.